The molecule has 0 atom stereocenters. The van der Waals surface area contributed by atoms with E-state index in [0.717, 1.165) is 16.7 Å². The summed E-state index contributed by atoms with van der Waals surface area (Å²) in [6.07, 6.45) is 3.31. The van der Waals surface area contributed by atoms with Crippen LogP contribution in [-0.2, 0) is 0 Å². The molecule has 2 heterocycles. The zero-order valence-corrected chi connectivity index (χ0v) is 18.9. The van der Waals surface area contributed by atoms with Crippen molar-refractivity contribution in [1.29, 1.82) is 0 Å². The minimum atomic E-state index is -0.474. The number of nitrogens with one attached hydrogen (secondary N) is 3. The van der Waals surface area contributed by atoms with Crippen molar-refractivity contribution >= 4 is 23.4 Å². The lowest BCUT2D eigenvalue weighted by Gasteiger charge is -2.16. The summed E-state index contributed by atoms with van der Waals surface area (Å²) in [7, 11) is 1.75. The molecule has 0 saturated carbocycles. The summed E-state index contributed by atoms with van der Waals surface area (Å²) >= 11 is 0. The van der Waals surface area contributed by atoms with Crippen LogP contribution in [-0.4, -0.2) is 28.0 Å². The van der Waals surface area contributed by atoms with Gasteiger partial charge in [-0.2, -0.15) is 0 Å². The number of aromatic nitrogens is 3. The van der Waals surface area contributed by atoms with Crippen LogP contribution in [0, 0.1) is 19.7 Å². The third-order valence-corrected chi connectivity index (χ3v) is 5.20. The van der Waals surface area contributed by atoms with Gasteiger partial charge in [0.1, 0.15) is 11.6 Å². The summed E-state index contributed by atoms with van der Waals surface area (Å²) in [4.78, 5) is 25.4. The highest BCUT2D eigenvalue weighted by Crippen LogP contribution is 2.34. The second-order valence-corrected chi connectivity index (χ2v) is 7.42. The quantitative estimate of drug-likeness (QED) is 0.339. The number of benzene rings is 2. The van der Waals surface area contributed by atoms with E-state index in [-0.39, 0.29) is 0 Å². The average Bonchev–Trinajstić information content (AvgIpc) is 2.84. The van der Waals surface area contributed by atoms with Crippen molar-refractivity contribution in [2.45, 2.75) is 13.8 Å². The molecule has 0 spiro atoms. The molecule has 4 rings (SSSR count). The zero-order chi connectivity index (χ0) is 24.1. The monoisotopic (exact) mass is 458 g/mol. The zero-order valence-electron chi connectivity index (χ0n) is 18.9. The summed E-state index contributed by atoms with van der Waals surface area (Å²) in [6.45, 7) is 3.77. The Kier molecular flexibility index (Phi) is 6.63. The van der Waals surface area contributed by atoms with Crippen LogP contribution in [0.5, 0.6) is 11.6 Å². The Morgan fingerprint density at radius 3 is 2.59 bits per heavy atom. The molecule has 0 aliphatic rings. The lowest BCUT2D eigenvalue weighted by Crippen LogP contribution is -2.20. The molecule has 3 N–H and O–H groups in total. The number of hydrogen-bond acceptors (Lipinski definition) is 6. The Hall–Kier alpha value is -4.53. The highest BCUT2D eigenvalue weighted by atomic mass is 19.1. The van der Waals surface area contributed by atoms with Crippen LogP contribution in [0.15, 0.2) is 67.0 Å². The van der Waals surface area contributed by atoms with Gasteiger partial charge in [0.05, 0.1) is 11.3 Å². The van der Waals surface area contributed by atoms with E-state index in [2.05, 4.69) is 30.9 Å². The van der Waals surface area contributed by atoms with E-state index < -0.39 is 11.8 Å². The second-order valence-electron chi connectivity index (χ2n) is 7.42. The number of carbonyl (C=O) groups excluding carboxylic acids is 1. The van der Waals surface area contributed by atoms with Crippen LogP contribution < -0.4 is 20.7 Å². The van der Waals surface area contributed by atoms with Gasteiger partial charge in [-0.25, -0.2) is 24.1 Å². The van der Waals surface area contributed by atoms with Crippen molar-refractivity contribution in [1.82, 2.24) is 15.0 Å². The maximum absolute atomic E-state index is 13.4. The first-order valence-electron chi connectivity index (χ1n) is 10.5. The normalized spacial score (nSPS) is 10.5. The van der Waals surface area contributed by atoms with Crippen molar-refractivity contribution in [3.8, 4) is 22.9 Å². The molecule has 4 aromatic rings. The van der Waals surface area contributed by atoms with E-state index in [1.807, 2.05) is 26.0 Å². The summed E-state index contributed by atoms with van der Waals surface area (Å²) in [5.41, 5.74) is 4.01. The fourth-order valence-electron chi connectivity index (χ4n) is 3.29. The highest BCUT2D eigenvalue weighted by molar-refractivity contribution is 6.00. The first kappa shape index (κ1) is 22.7. The van der Waals surface area contributed by atoms with Crippen molar-refractivity contribution in [3.63, 3.8) is 0 Å². The maximum Gasteiger partial charge on any atom is 0.323 e. The first-order chi connectivity index (χ1) is 16.4. The van der Waals surface area contributed by atoms with Gasteiger partial charge >= 0.3 is 6.03 Å². The number of ether oxygens (including phenoxy) is 1. The van der Waals surface area contributed by atoms with Crippen molar-refractivity contribution in [3.05, 3.63) is 83.9 Å². The number of amides is 2. The fourth-order valence-corrected chi connectivity index (χ4v) is 3.29. The van der Waals surface area contributed by atoms with Crippen LogP contribution in [0.3, 0.4) is 0 Å². The Labute approximate surface area is 196 Å². The molecule has 172 valence electrons. The average molecular weight is 458 g/mol. The number of hydrogen-bond donors (Lipinski definition) is 3. The number of urea groups is 1. The van der Waals surface area contributed by atoms with Gasteiger partial charge in [-0.1, -0.05) is 6.07 Å². The van der Waals surface area contributed by atoms with Gasteiger partial charge in [-0.3, -0.25) is 0 Å². The minimum absolute atomic E-state index is 0.362. The van der Waals surface area contributed by atoms with Gasteiger partial charge < -0.3 is 20.7 Å². The number of pyridine rings is 1. The van der Waals surface area contributed by atoms with E-state index in [0.29, 0.717) is 34.6 Å². The molecule has 0 unspecified atom stereocenters. The van der Waals surface area contributed by atoms with Crippen LogP contribution in [0.25, 0.3) is 11.3 Å². The Morgan fingerprint density at radius 2 is 1.79 bits per heavy atom. The van der Waals surface area contributed by atoms with E-state index in [1.54, 1.807) is 43.7 Å². The van der Waals surface area contributed by atoms with Crippen LogP contribution in [0.4, 0.5) is 26.5 Å². The third-order valence-electron chi connectivity index (χ3n) is 5.20. The largest absolute Gasteiger partial charge is 0.438 e. The molecule has 0 saturated heterocycles. The van der Waals surface area contributed by atoms with E-state index in [4.69, 9.17) is 4.74 Å². The Balaban J connectivity index is 1.55. The molecular formula is C25H23FN6O2. The van der Waals surface area contributed by atoms with Gasteiger partial charge in [-0.05, 0) is 73.5 Å². The van der Waals surface area contributed by atoms with E-state index >= 15 is 0 Å². The lowest BCUT2D eigenvalue weighted by molar-refractivity contribution is 0.262. The molecule has 0 aliphatic carbocycles. The van der Waals surface area contributed by atoms with Gasteiger partial charge in [0.25, 0.3) is 0 Å². The van der Waals surface area contributed by atoms with Crippen molar-refractivity contribution in [2.75, 3.05) is 23.0 Å². The Bertz CT molecular complexity index is 1340. The molecule has 8 nitrogen and oxygen atoms in total. The topological polar surface area (TPSA) is 101 Å². The molecule has 0 radical (unpaired) electrons. The lowest BCUT2D eigenvalue weighted by atomic mass is 10.1. The standard InChI is InChI=1S/C25H23FN6O2/c1-15-16(2)22(10-9-20(15)32-25(33)30-18-7-4-6-17(26)14-18)34-23-19(8-5-12-28-23)21-11-13-29-24(27-3)31-21/h4-14H,1-3H3,(H,27,29,31)(H2,30,32,33). The van der Waals surface area contributed by atoms with Crippen LogP contribution in [0.1, 0.15) is 11.1 Å². The highest BCUT2D eigenvalue weighted by Gasteiger charge is 2.15. The van der Waals surface area contributed by atoms with E-state index in [9.17, 15) is 9.18 Å². The summed E-state index contributed by atoms with van der Waals surface area (Å²) in [5.74, 6) is 1.06. The number of rotatable bonds is 6. The molecule has 2 aromatic heterocycles. The summed E-state index contributed by atoms with van der Waals surface area (Å²) < 4.78 is 19.5. The molecule has 0 fully saturated rings. The maximum atomic E-state index is 13.4. The molecule has 0 aliphatic heterocycles. The molecule has 2 aromatic carbocycles. The molecule has 0 bridgehead atoms. The second kappa shape index (κ2) is 9.95. The number of nitrogens with zero attached hydrogens (tertiary/aromatic N) is 3. The third kappa shape index (κ3) is 5.09. The smallest absolute Gasteiger partial charge is 0.323 e. The molecule has 2 amide bonds. The number of halogens is 1. The minimum Gasteiger partial charge on any atom is -0.438 e. The number of carbonyl (C=O) groups is 1. The van der Waals surface area contributed by atoms with E-state index in [1.165, 1.54) is 18.2 Å². The molecule has 9 heteroatoms. The first-order valence-corrected chi connectivity index (χ1v) is 10.5. The predicted molar refractivity (Wildman–Crippen MR) is 130 cm³/mol. The van der Waals surface area contributed by atoms with Crippen LogP contribution >= 0.6 is 0 Å². The Morgan fingerprint density at radius 1 is 0.941 bits per heavy atom. The summed E-state index contributed by atoms with van der Waals surface area (Å²) in [6, 6.07) is 14.2. The molecular weight excluding hydrogens is 435 g/mol. The van der Waals surface area contributed by atoms with Crippen molar-refractivity contribution < 1.29 is 13.9 Å². The molecule has 34 heavy (non-hydrogen) atoms. The van der Waals surface area contributed by atoms with Crippen LogP contribution in [0.2, 0.25) is 0 Å². The fraction of sp³-hybridized carbons (Fsp3) is 0.120. The van der Waals surface area contributed by atoms with Gasteiger partial charge in [0.15, 0.2) is 0 Å². The van der Waals surface area contributed by atoms with Gasteiger partial charge in [-0.15, -0.1) is 0 Å². The van der Waals surface area contributed by atoms with Gasteiger partial charge in [0.2, 0.25) is 11.8 Å². The predicted octanol–water partition coefficient (Wildman–Crippen LogP) is 5.77. The summed E-state index contributed by atoms with van der Waals surface area (Å²) in [5, 5.41) is 8.33. The van der Waals surface area contributed by atoms with Gasteiger partial charge in [0, 0.05) is 30.8 Å². The number of anilines is 3. The SMILES string of the molecule is CNc1nccc(-c2cccnc2Oc2ccc(NC(=O)Nc3cccc(F)c3)c(C)c2C)n1. The van der Waals surface area contributed by atoms with Crippen molar-refractivity contribution in [2.24, 2.45) is 0 Å².